The van der Waals surface area contributed by atoms with Gasteiger partial charge in [-0.1, -0.05) is 76.9 Å². The molecule has 2 N–H and O–H groups in total. The fraction of sp³-hybridized carbons (Fsp3) is 0.900. The van der Waals surface area contributed by atoms with E-state index in [4.69, 9.17) is 5.11 Å². The Morgan fingerprint density at radius 1 is 0.682 bits per heavy atom. The van der Waals surface area contributed by atoms with E-state index in [1.54, 1.807) is 0 Å². The van der Waals surface area contributed by atoms with Gasteiger partial charge in [-0.15, -0.1) is 0 Å². The third kappa shape index (κ3) is 17.7. The minimum absolute atomic E-state index is 0.103. The van der Waals surface area contributed by atoms with Crippen molar-refractivity contribution >= 4 is 0 Å². The molecule has 0 aliphatic heterocycles. The highest BCUT2D eigenvalue weighted by Gasteiger charge is 2.01. The molecule has 0 saturated heterocycles. The molecule has 0 bridgehead atoms. The molecule has 1 unspecified atom stereocenters. The van der Waals surface area contributed by atoms with E-state index in [1.807, 2.05) is 0 Å². The van der Waals surface area contributed by atoms with E-state index in [0.717, 1.165) is 12.8 Å². The Kier molecular flexibility index (Phi) is 18.4. The summed E-state index contributed by atoms with van der Waals surface area (Å²) in [5, 5.41) is 18.2. The first-order chi connectivity index (χ1) is 10.8. The van der Waals surface area contributed by atoms with E-state index in [1.165, 1.54) is 77.0 Å². The van der Waals surface area contributed by atoms with E-state index < -0.39 is 0 Å². The Balaban J connectivity index is 3.11. The molecule has 0 aromatic rings. The summed E-state index contributed by atoms with van der Waals surface area (Å²) >= 11 is 0. The monoisotopic (exact) mass is 312 g/mol. The van der Waals surface area contributed by atoms with Crippen molar-refractivity contribution in [3.8, 4) is 0 Å². The Morgan fingerprint density at radius 3 is 1.73 bits per heavy atom. The quantitative estimate of drug-likeness (QED) is 0.264. The standard InChI is InChI=1S/C20H40O2/c1-2-3-4-5-6-7-8-9-10-11-12-13-14-15-16-17-20(22)18-19-21/h9-10,20-22H,2-8,11-19H2,1H3. The number of aliphatic hydroxyl groups is 2. The molecular weight excluding hydrogens is 272 g/mol. The molecule has 0 aromatic heterocycles. The van der Waals surface area contributed by atoms with Crippen molar-refractivity contribution in [3.63, 3.8) is 0 Å². The average Bonchev–Trinajstić information content (AvgIpc) is 2.51. The Hall–Kier alpha value is -0.340. The van der Waals surface area contributed by atoms with E-state index in [2.05, 4.69) is 19.1 Å². The lowest BCUT2D eigenvalue weighted by Crippen LogP contribution is -2.08. The summed E-state index contributed by atoms with van der Waals surface area (Å²) in [4.78, 5) is 0. The van der Waals surface area contributed by atoms with Crippen LogP contribution in [0, 0.1) is 0 Å². The van der Waals surface area contributed by atoms with E-state index in [9.17, 15) is 5.11 Å². The smallest absolute Gasteiger partial charge is 0.0562 e. The Morgan fingerprint density at radius 2 is 1.18 bits per heavy atom. The first-order valence-corrected chi connectivity index (χ1v) is 9.75. The van der Waals surface area contributed by atoms with Crippen molar-refractivity contribution in [3.05, 3.63) is 12.2 Å². The zero-order valence-electron chi connectivity index (χ0n) is 14.9. The predicted molar refractivity (Wildman–Crippen MR) is 97.2 cm³/mol. The SMILES string of the molecule is CCCCCCCCC=CCCCCCCCC(O)CCO. The maximum Gasteiger partial charge on any atom is 0.0562 e. The zero-order chi connectivity index (χ0) is 16.3. The van der Waals surface area contributed by atoms with Gasteiger partial charge in [0.25, 0.3) is 0 Å². The number of hydrogen-bond donors (Lipinski definition) is 2. The van der Waals surface area contributed by atoms with Crippen LogP contribution in [-0.2, 0) is 0 Å². The normalized spacial score (nSPS) is 13.0. The van der Waals surface area contributed by atoms with E-state index >= 15 is 0 Å². The maximum atomic E-state index is 9.48. The molecule has 2 heteroatoms. The molecule has 132 valence electrons. The van der Waals surface area contributed by atoms with Crippen molar-refractivity contribution < 1.29 is 10.2 Å². The number of unbranched alkanes of at least 4 members (excludes halogenated alkanes) is 11. The van der Waals surface area contributed by atoms with Crippen LogP contribution in [-0.4, -0.2) is 22.9 Å². The van der Waals surface area contributed by atoms with E-state index in [-0.39, 0.29) is 12.7 Å². The molecule has 0 spiro atoms. The van der Waals surface area contributed by atoms with Gasteiger partial charge in [-0.25, -0.2) is 0 Å². The van der Waals surface area contributed by atoms with E-state index in [0.29, 0.717) is 6.42 Å². The second-order valence-electron chi connectivity index (χ2n) is 6.54. The highest BCUT2D eigenvalue weighted by atomic mass is 16.3. The fourth-order valence-electron chi connectivity index (χ4n) is 2.74. The molecule has 0 fully saturated rings. The van der Waals surface area contributed by atoms with Crippen LogP contribution in [0.25, 0.3) is 0 Å². The topological polar surface area (TPSA) is 40.5 Å². The first kappa shape index (κ1) is 21.7. The Bertz CT molecular complexity index is 226. The largest absolute Gasteiger partial charge is 0.396 e. The predicted octanol–water partition coefficient (Wildman–Crippen LogP) is 5.77. The summed E-state index contributed by atoms with van der Waals surface area (Å²) in [6, 6.07) is 0. The van der Waals surface area contributed by atoms with Crippen LogP contribution >= 0.6 is 0 Å². The first-order valence-electron chi connectivity index (χ1n) is 9.75. The van der Waals surface area contributed by atoms with Crippen molar-refractivity contribution in [1.29, 1.82) is 0 Å². The van der Waals surface area contributed by atoms with Crippen LogP contribution in [0.2, 0.25) is 0 Å². The molecule has 0 saturated carbocycles. The molecule has 1 atom stereocenters. The highest BCUT2D eigenvalue weighted by molar-refractivity contribution is 4.81. The van der Waals surface area contributed by atoms with Crippen molar-refractivity contribution in [2.24, 2.45) is 0 Å². The third-order valence-electron chi connectivity index (χ3n) is 4.26. The summed E-state index contributed by atoms with van der Waals surface area (Å²) in [7, 11) is 0. The van der Waals surface area contributed by atoms with Gasteiger partial charge in [0, 0.05) is 6.61 Å². The van der Waals surface area contributed by atoms with Gasteiger partial charge in [0.05, 0.1) is 6.10 Å². The Labute approximate surface area is 139 Å². The lowest BCUT2D eigenvalue weighted by Gasteiger charge is -2.07. The number of rotatable bonds is 17. The lowest BCUT2D eigenvalue weighted by molar-refractivity contribution is 0.122. The molecular formula is C20H40O2. The molecule has 0 heterocycles. The fourth-order valence-corrected chi connectivity index (χ4v) is 2.74. The number of allylic oxidation sites excluding steroid dienone is 2. The minimum atomic E-state index is -0.296. The molecule has 0 aliphatic carbocycles. The van der Waals surface area contributed by atoms with Gasteiger partial charge in [-0.05, 0) is 38.5 Å². The molecule has 0 rings (SSSR count). The van der Waals surface area contributed by atoms with Crippen LogP contribution in [0.1, 0.15) is 103 Å². The third-order valence-corrected chi connectivity index (χ3v) is 4.26. The van der Waals surface area contributed by atoms with Gasteiger partial charge in [0.15, 0.2) is 0 Å². The summed E-state index contributed by atoms with van der Waals surface area (Å²) in [5.41, 5.74) is 0. The number of aliphatic hydroxyl groups excluding tert-OH is 2. The maximum absolute atomic E-state index is 9.48. The number of hydrogen-bond acceptors (Lipinski definition) is 2. The summed E-state index contributed by atoms with van der Waals surface area (Å²) < 4.78 is 0. The van der Waals surface area contributed by atoms with Gasteiger partial charge in [-0.2, -0.15) is 0 Å². The summed E-state index contributed by atoms with van der Waals surface area (Å²) in [6.07, 6.45) is 22.8. The molecule has 0 aromatic carbocycles. The minimum Gasteiger partial charge on any atom is -0.396 e. The van der Waals surface area contributed by atoms with Crippen molar-refractivity contribution in [1.82, 2.24) is 0 Å². The van der Waals surface area contributed by atoms with Gasteiger partial charge in [0.1, 0.15) is 0 Å². The molecule has 0 aliphatic rings. The van der Waals surface area contributed by atoms with Gasteiger partial charge >= 0.3 is 0 Å². The molecule has 0 radical (unpaired) electrons. The molecule has 0 amide bonds. The van der Waals surface area contributed by atoms with Gasteiger partial charge in [-0.3, -0.25) is 0 Å². The van der Waals surface area contributed by atoms with Crippen molar-refractivity contribution in [2.75, 3.05) is 6.61 Å². The zero-order valence-corrected chi connectivity index (χ0v) is 14.9. The van der Waals surface area contributed by atoms with Crippen LogP contribution in [0.15, 0.2) is 12.2 Å². The van der Waals surface area contributed by atoms with Crippen LogP contribution in [0.3, 0.4) is 0 Å². The van der Waals surface area contributed by atoms with Gasteiger partial charge in [0.2, 0.25) is 0 Å². The highest BCUT2D eigenvalue weighted by Crippen LogP contribution is 2.11. The second kappa shape index (κ2) is 18.7. The average molecular weight is 313 g/mol. The lowest BCUT2D eigenvalue weighted by atomic mass is 10.1. The second-order valence-corrected chi connectivity index (χ2v) is 6.54. The molecule has 22 heavy (non-hydrogen) atoms. The van der Waals surface area contributed by atoms with Crippen LogP contribution in [0.4, 0.5) is 0 Å². The van der Waals surface area contributed by atoms with Gasteiger partial charge < -0.3 is 10.2 Å². The van der Waals surface area contributed by atoms with Crippen LogP contribution in [0.5, 0.6) is 0 Å². The van der Waals surface area contributed by atoms with Crippen molar-refractivity contribution in [2.45, 2.75) is 109 Å². The molecule has 2 nitrogen and oxygen atoms in total. The summed E-state index contributed by atoms with van der Waals surface area (Å²) in [6.45, 7) is 2.37. The van der Waals surface area contributed by atoms with Crippen LogP contribution < -0.4 is 0 Å². The summed E-state index contributed by atoms with van der Waals surface area (Å²) in [5.74, 6) is 0.